The van der Waals surface area contributed by atoms with Crippen LogP contribution in [0.2, 0.25) is 5.02 Å². The quantitative estimate of drug-likeness (QED) is 0.471. The number of benzene rings is 2. The van der Waals surface area contributed by atoms with Crippen molar-refractivity contribution in [1.82, 2.24) is 10.2 Å². The van der Waals surface area contributed by atoms with Gasteiger partial charge >= 0.3 is 0 Å². The van der Waals surface area contributed by atoms with Crippen molar-refractivity contribution in [2.75, 3.05) is 12.0 Å². The minimum atomic E-state index is -0.768. The van der Waals surface area contributed by atoms with Crippen LogP contribution < -0.4 is 15.1 Å². The molecule has 1 unspecified atom stereocenters. The zero-order chi connectivity index (χ0) is 21.0. The summed E-state index contributed by atoms with van der Waals surface area (Å²) in [5.74, 6) is 0.0737. The van der Waals surface area contributed by atoms with Gasteiger partial charge in [0.05, 0.1) is 18.1 Å². The molecular formula is C21H14ClN3O4S. The Hall–Kier alpha value is -3.23. The van der Waals surface area contributed by atoms with Gasteiger partial charge in [-0.1, -0.05) is 41.1 Å². The Morgan fingerprint density at radius 1 is 1.17 bits per heavy atom. The molecule has 1 atom stereocenters. The topological polar surface area (TPSA) is 85.5 Å². The second-order valence-corrected chi connectivity index (χ2v) is 8.33. The van der Waals surface area contributed by atoms with E-state index in [1.807, 2.05) is 18.2 Å². The lowest BCUT2D eigenvalue weighted by atomic mass is 9.98. The van der Waals surface area contributed by atoms with Gasteiger partial charge in [0.2, 0.25) is 10.9 Å². The third kappa shape index (κ3) is 2.72. The van der Waals surface area contributed by atoms with E-state index in [4.69, 9.17) is 20.8 Å². The van der Waals surface area contributed by atoms with Gasteiger partial charge < -0.3 is 9.15 Å². The first kappa shape index (κ1) is 18.8. The smallest absolute Gasteiger partial charge is 0.297 e. The molecule has 0 saturated heterocycles. The highest BCUT2D eigenvalue weighted by molar-refractivity contribution is 7.15. The van der Waals surface area contributed by atoms with Gasteiger partial charge in [-0.2, -0.15) is 0 Å². The zero-order valence-corrected chi connectivity index (χ0v) is 17.5. The van der Waals surface area contributed by atoms with Crippen molar-refractivity contribution in [2.45, 2.75) is 13.0 Å². The number of nitrogens with zero attached hydrogens (tertiary/aromatic N) is 3. The van der Waals surface area contributed by atoms with Crippen LogP contribution in [0, 0.1) is 6.92 Å². The summed E-state index contributed by atoms with van der Waals surface area (Å²) in [6, 6.07) is 11.2. The maximum absolute atomic E-state index is 13.5. The number of hydrogen-bond donors (Lipinski definition) is 0. The van der Waals surface area contributed by atoms with Crippen molar-refractivity contribution < 1.29 is 13.9 Å². The Balaban J connectivity index is 1.86. The number of aromatic nitrogens is 2. The van der Waals surface area contributed by atoms with E-state index in [1.165, 1.54) is 16.2 Å². The summed E-state index contributed by atoms with van der Waals surface area (Å²) in [6.07, 6.45) is 0. The lowest BCUT2D eigenvalue weighted by Gasteiger charge is -2.23. The minimum absolute atomic E-state index is 0.0152. The van der Waals surface area contributed by atoms with E-state index >= 15 is 0 Å². The summed E-state index contributed by atoms with van der Waals surface area (Å²) in [6.45, 7) is 1.80. The van der Waals surface area contributed by atoms with E-state index in [2.05, 4.69) is 10.2 Å². The molecule has 1 aliphatic heterocycles. The van der Waals surface area contributed by atoms with Crippen molar-refractivity contribution >= 4 is 44.9 Å². The number of ether oxygens (including phenoxy) is 1. The minimum Gasteiger partial charge on any atom is -0.496 e. The van der Waals surface area contributed by atoms with E-state index in [0.717, 1.165) is 0 Å². The highest BCUT2D eigenvalue weighted by Gasteiger charge is 2.46. The Morgan fingerprint density at radius 3 is 2.70 bits per heavy atom. The van der Waals surface area contributed by atoms with E-state index < -0.39 is 11.9 Å². The van der Waals surface area contributed by atoms with Gasteiger partial charge in [-0.15, -0.1) is 10.2 Å². The third-order valence-corrected chi connectivity index (χ3v) is 6.06. The maximum Gasteiger partial charge on any atom is 0.297 e. The predicted molar refractivity (Wildman–Crippen MR) is 114 cm³/mol. The predicted octanol–water partition coefficient (Wildman–Crippen LogP) is 4.36. The molecule has 0 spiro atoms. The zero-order valence-electron chi connectivity index (χ0n) is 15.9. The molecule has 0 saturated carbocycles. The van der Waals surface area contributed by atoms with Crippen molar-refractivity contribution in [1.29, 1.82) is 0 Å². The van der Waals surface area contributed by atoms with Gasteiger partial charge in [0, 0.05) is 10.6 Å². The SMILES string of the molecule is COc1ccccc1C1c2c(oc3ccc(Cl)cc3c2=O)C(=O)N1c1nnc(C)s1. The highest BCUT2D eigenvalue weighted by Crippen LogP contribution is 2.44. The molecule has 150 valence electrons. The van der Waals surface area contributed by atoms with Crippen LogP contribution in [-0.4, -0.2) is 23.2 Å². The van der Waals surface area contributed by atoms with Gasteiger partial charge in [0.25, 0.3) is 5.91 Å². The Morgan fingerprint density at radius 2 is 1.97 bits per heavy atom. The van der Waals surface area contributed by atoms with E-state index in [-0.39, 0.29) is 16.8 Å². The molecule has 1 aliphatic rings. The van der Waals surface area contributed by atoms with E-state index in [9.17, 15) is 9.59 Å². The monoisotopic (exact) mass is 439 g/mol. The average Bonchev–Trinajstić information content (AvgIpc) is 3.29. The van der Waals surface area contributed by atoms with Crippen LogP contribution in [0.3, 0.4) is 0 Å². The molecule has 1 amide bonds. The molecule has 2 aromatic carbocycles. The first-order valence-electron chi connectivity index (χ1n) is 9.02. The summed E-state index contributed by atoms with van der Waals surface area (Å²) in [7, 11) is 1.54. The van der Waals surface area contributed by atoms with Crippen LogP contribution in [0.1, 0.15) is 32.7 Å². The van der Waals surface area contributed by atoms with Gasteiger partial charge in [0.1, 0.15) is 22.4 Å². The number of carbonyl (C=O) groups is 1. The van der Waals surface area contributed by atoms with E-state index in [1.54, 1.807) is 38.3 Å². The molecule has 30 heavy (non-hydrogen) atoms. The Bertz CT molecular complexity index is 1380. The molecule has 3 heterocycles. The number of aryl methyl sites for hydroxylation is 1. The lowest BCUT2D eigenvalue weighted by Crippen LogP contribution is -2.29. The van der Waals surface area contributed by atoms with Crippen molar-refractivity contribution in [3.05, 3.63) is 79.6 Å². The summed E-state index contributed by atoms with van der Waals surface area (Å²) < 4.78 is 11.4. The number of hydrogen-bond acceptors (Lipinski definition) is 7. The number of rotatable bonds is 3. The average molecular weight is 440 g/mol. The molecule has 0 aliphatic carbocycles. The largest absolute Gasteiger partial charge is 0.496 e. The molecule has 0 bridgehead atoms. The molecule has 0 radical (unpaired) electrons. The van der Waals surface area contributed by atoms with Gasteiger partial charge in [-0.05, 0) is 31.2 Å². The normalized spacial score (nSPS) is 15.6. The van der Waals surface area contributed by atoms with Gasteiger partial charge in [-0.25, -0.2) is 0 Å². The number of fused-ring (bicyclic) bond motifs is 2. The number of carbonyl (C=O) groups excluding carboxylic acids is 1. The van der Waals surface area contributed by atoms with Crippen LogP contribution in [0.5, 0.6) is 5.75 Å². The molecule has 0 N–H and O–H groups in total. The number of para-hydroxylation sites is 1. The fourth-order valence-electron chi connectivity index (χ4n) is 3.71. The molecule has 7 nitrogen and oxygen atoms in total. The number of anilines is 1. The van der Waals surface area contributed by atoms with Crippen LogP contribution in [0.25, 0.3) is 11.0 Å². The number of halogens is 1. The summed E-state index contributed by atoms with van der Waals surface area (Å²) in [5.41, 5.74) is 0.855. The second kappa shape index (κ2) is 6.93. The molecule has 0 fully saturated rings. The molecule has 4 aromatic rings. The summed E-state index contributed by atoms with van der Waals surface area (Å²) in [5, 5.41) is 9.97. The Kier molecular flexibility index (Phi) is 4.34. The van der Waals surface area contributed by atoms with Crippen LogP contribution in [-0.2, 0) is 0 Å². The summed E-state index contributed by atoms with van der Waals surface area (Å²) >= 11 is 7.37. The first-order chi connectivity index (χ1) is 14.5. The summed E-state index contributed by atoms with van der Waals surface area (Å²) in [4.78, 5) is 28.4. The van der Waals surface area contributed by atoms with Crippen molar-refractivity contribution in [2.24, 2.45) is 0 Å². The number of methoxy groups -OCH3 is 1. The van der Waals surface area contributed by atoms with Crippen LogP contribution >= 0.6 is 22.9 Å². The van der Waals surface area contributed by atoms with E-state index in [0.29, 0.717) is 37.4 Å². The van der Waals surface area contributed by atoms with Crippen LogP contribution in [0.4, 0.5) is 5.13 Å². The molecule has 9 heteroatoms. The highest BCUT2D eigenvalue weighted by atomic mass is 35.5. The molecule has 5 rings (SSSR count). The maximum atomic E-state index is 13.5. The third-order valence-electron chi connectivity index (χ3n) is 4.99. The fraction of sp³-hybridized carbons (Fsp3) is 0.143. The number of amides is 1. The van der Waals surface area contributed by atoms with Crippen LogP contribution in [0.15, 0.2) is 51.7 Å². The van der Waals surface area contributed by atoms with Gasteiger partial charge in [0.15, 0.2) is 5.43 Å². The fourth-order valence-corrected chi connectivity index (χ4v) is 4.60. The molecular weight excluding hydrogens is 426 g/mol. The Labute approximate surface area is 179 Å². The lowest BCUT2D eigenvalue weighted by molar-refractivity contribution is 0.0970. The van der Waals surface area contributed by atoms with Gasteiger partial charge in [-0.3, -0.25) is 14.5 Å². The molecule has 2 aromatic heterocycles. The first-order valence-corrected chi connectivity index (χ1v) is 10.2. The standard InChI is InChI=1S/C21H14ClN3O4S/c1-10-23-24-21(30-10)25-17(12-5-3-4-6-14(12)28-2)16-18(26)13-9-11(22)7-8-15(13)29-19(16)20(25)27/h3-9,17H,1-2H3. The second-order valence-electron chi connectivity index (χ2n) is 6.74. The van der Waals surface area contributed by atoms with Crippen molar-refractivity contribution in [3.8, 4) is 5.75 Å². The van der Waals surface area contributed by atoms with Crippen molar-refractivity contribution in [3.63, 3.8) is 0 Å².